The zero-order chi connectivity index (χ0) is 17.3. The predicted octanol–water partition coefficient (Wildman–Crippen LogP) is 0.633. The Balaban J connectivity index is 1.89. The van der Waals surface area contributed by atoms with Gasteiger partial charge in [-0.1, -0.05) is 0 Å². The van der Waals surface area contributed by atoms with Crippen LogP contribution in [0.4, 0.5) is 0 Å². The summed E-state index contributed by atoms with van der Waals surface area (Å²) in [5.74, 6) is 0.656. The molecule has 1 aromatic rings. The lowest BCUT2D eigenvalue weighted by Gasteiger charge is -2.29. The van der Waals surface area contributed by atoms with Crippen molar-refractivity contribution >= 4 is 11.8 Å². The van der Waals surface area contributed by atoms with Gasteiger partial charge in [0.2, 0.25) is 5.91 Å². The van der Waals surface area contributed by atoms with Crippen LogP contribution in [-0.4, -0.2) is 75.2 Å². The summed E-state index contributed by atoms with van der Waals surface area (Å²) in [6.45, 7) is 1.60. The molecule has 1 aromatic carbocycles. The third kappa shape index (κ3) is 2.91. The minimum atomic E-state index is -0.323. The van der Waals surface area contributed by atoms with Crippen molar-refractivity contribution in [2.24, 2.45) is 5.92 Å². The van der Waals surface area contributed by atoms with E-state index in [1.807, 2.05) is 0 Å². The Kier molecular flexibility index (Phi) is 4.62. The number of rotatable bonds is 3. The number of hydrogen-bond acceptors (Lipinski definition) is 5. The molecule has 7 nitrogen and oxygen atoms in total. The lowest BCUT2D eigenvalue weighted by Crippen LogP contribution is -2.45. The Morgan fingerprint density at radius 2 is 2.00 bits per heavy atom. The Labute approximate surface area is 141 Å². The van der Waals surface area contributed by atoms with Crippen molar-refractivity contribution in [3.05, 3.63) is 23.8 Å². The highest BCUT2D eigenvalue weighted by atomic mass is 16.5. The van der Waals surface area contributed by atoms with Gasteiger partial charge in [0.05, 0.1) is 45.0 Å². The van der Waals surface area contributed by atoms with Gasteiger partial charge in [-0.3, -0.25) is 9.59 Å². The lowest BCUT2D eigenvalue weighted by atomic mass is 10.1. The van der Waals surface area contributed by atoms with Gasteiger partial charge in [-0.2, -0.15) is 0 Å². The molecule has 130 valence electrons. The highest BCUT2D eigenvalue weighted by Crippen LogP contribution is 2.28. The van der Waals surface area contributed by atoms with Crippen LogP contribution in [0, 0.1) is 5.92 Å². The van der Waals surface area contributed by atoms with Gasteiger partial charge in [-0.15, -0.1) is 0 Å². The fourth-order valence-electron chi connectivity index (χ4n) is 3.21. The number of fused-ring (bicyclic) bond motifs is 3. The molecule has 2 aliphatic rings. The summed E-state index contributed by atoms with van der Waals surface area (Å²) >= 11 is 0. The maximum absolute atomic E-state index is 13.0. The van der Waals surface area contributed by atoms with E-state index in [2.05, 4.69) is 0 Å². The average Bonchev–Trinajstić information content (AvgIpc) is 2.78. The van der Waals surface area contributed by atoms with Crippen LogP contribution in [0.5, 0.6) is 11.5 Å². The molecule has 2 amide bonds. The lowest BCUT2D eigenvalue weighted by molar-refractivity contribution is -0.133. The maximum atomic E-state index is 13.0. The smallest absolute Gasteiger partial charge is 0.257 e. The third-order valence-electron chi connectivity index (χ3n) is 4.67. The summed E-state index contributed by atoms with van der Waals surface area (Å²) in [6.07, 6.45) is 0. The molecule has 2 bridgehead atoms. The van der Waals surface area contributed by atoms with Crippen molar-refractivity contribution in [3.8, 4) is 11.5 Å². The number of nitrogens with zero attached hydrogens (tertiary/aromatic N) is 2. The predicted molar refractivity (Wildman–Crippen MR) is 86.3 cm³/mol. The Morgan fingerprint density at radius 1 is 1.21 bits per heavy atom. The minimum absolute atomic E-state index is 0.0366. The number of carbonyl (C=O) groups excluding carboxylic acids is 2. The van der Waals surface area contributed by atoms with Crippen molar-refractivity contribution in [2.75, 3.05) is 47.6 Å². The van der Waals surface area contributed by atoms with Crippen LogP contribution in [0.2, 0.25) is 0 Å². The summed E-state index contributed by atoms with van der Waals surface area (Å²) in [6, 6.07) is 4.99. The number of ether oxygens (including phenoxy) is 3. The van der Waals surface area contributed by atoms with Gasteiger partial charge in [0.25, 0.3) is 5.91 Å². The molecule has 0 radical (unpaired) electrons. The third-order valence-corrected chi connectivity index (χ3v) is 4.67. The first-order valence-electron chi connectivity index (χ1n) is 7.91. The van der Waals surface area contributed by atoms with E-state index < -0.39 is 0 Å². The maximum Gasteiger partial charge on any atom is 0.257 e. The quantitative estimate of drug-likeness (QED) is 0.811. The molecule has 2 aliphatic heterocycles. The van der Waals surface area contributed by atoms with Gasteiger partial charge in [0, 0.05) is 26.2 Å². The first-order chi connectivity index (χ1) is 11.5. The summed E-state index contributed by atoms with van der Waals surface area (Å²) in [5, 5.41) is 0. The van der Waals surface area contributed by atoms with Gasteiger partial charge >= 0.3 is 0 Å². The van der Waals surface area contributed by atoms with Crippen LogP contribution in [-0.2, 0) is 9.53 Å². The van der Waals surface area contributed by atoms with E-state index in [-0.39, 0.29) is 23.8 Å². The molecule has 0 saturated carbocycles. The van der Waals surface area contributed by atoms with Crippen molar-refractivity contribution in [1.82, 2.24) is 9.80 Å². The molecule has 0 spiro atoms. The van der Waals surface area contributed by atoms with Crippen molar-refractivity contribution < 1.29 is 23.8 Å². The zero-order valence-corrected chi connectivity index (χ0v) is 14.2. The Bertz CT molecular complexity index is 648. The van der Waals surface area contributed by atoms with Crippen molar-refractivity contribution in [2.45, 2.75) is 6.04 Å². The van der Waals surface area contributed by atoms with Crippen LogP contribution >= 0.6 is 0 Å². The number of hydrogen-bond donors (Lipinski definition) is 0. The molecule has 0 aromatic heterocycles. The molecule has 2 atom stereocenters. The first kappa shape index (κ1) is 16.6. The summed E-state index contributed by atoms with van der Waals surface area (Å²) in [5.41, 5.74) is 0.467. The van der Waals surface area contributed by atoms with Gasteiger partial charge in [-0.05, 0) is 12.1 Å². The molecule has 3 rings (SSSR count). The van der Waals surface area contributed by atoms with Gasteiger partial charge < -0.3 is 24.0 Å². The van der Waals surface area contributed by atoms with Gasteiger partial charge in [-0.25, -0.2) is 0 Å². The van der Waals surface area contributed by atoms with Crippen LogP contribution < -0.4 is 9.47 Å². The van der Waals surface area contributed by atoms with E-state index in [1.165, 1.54) is 7.11 Å². The summed E-state index contributed by atoms with van der Waals surface area (Å²) in [4.78, 5) is 28.8. The molecule has 0 N–H and O–H groups in total. The van der Waals surface area contributed by atoms with Crippen LogP contribution in [0.3, 0.4) is 0 Å². The fourth-order valence-corrected chi connectivity index (χ4v) is 3.21. The van der Waals surface area contributed by atoms with E-state index in [1.54, 1.807) is 42.2 Å². The van der Waals surface area contributed by atoms with Crippen LogP contribution in [0.15, 0.2) is 18.2 Å². The van der Waals surface area contributed by atoms with Crippen molar-refractivity contribution in [1.29, 1.82) is 0 Å². The molecule has 0 aliphatic carbocycles. The molecular formula is C17H22N2O5. The number of carbonyl (C=O) groups is 2. The highest BCUT2D eigenvalue weighted by Gasteiger charge is 2.39. The second-order valence-electron chi connectivity index (χ2n) is 6.11. The number of methoxy groups -OCH3 is 2. The van der Waals surface area contributed by atoms with E-state index in [4.69, 9.17) is 14.2 Å². The van der Waals surface area contributed by atoms with E-state index in [9.17, 15) is 9.59 Å². The van der Waals surface area contributed by atoms with Crippen molar-refractivity contribution in [3.63, 3.8) is 0 Å². The van der Waals surface area contributed by atoms with E-state index in [0.717, 1.165) is 0 Å². The Hall–Kier alpha value is -2.28. The largest absolute Gasteiger partial charge is 0.497 e. The van der Waals surface area contributed by atoms with Crippen LogP contribution in [0.1, 0.15) is 10.4 Å². The topological polar surface area (TPSA) is 68.3 Å². The summed E-state index contributed by atoms with van der Waals surface area (Å²) in [7, 11) is 4.86. The Morgan fingerprint density at radius 3 is 2.71 bits per heavy atom. The first-order valence-corrected chi connectivity index (χ1v) is 7.91. The molecular weight excluding hydrogens is 312 g/mol. The molecule has 7 heteroatoms. The molecule has 24 heavy (non-hydrogen) atoms. The number of likely N-dealkylation sites (N-methyl/N-ethyl adjacent to an activating group) is 1. The molecule has 0 unspecified atom stereocenters. The van der Waals surface area contributed by atoms with E-state index >= 15 is 0 Å². The van der Waals surface area contributed by atoms with Crippen LogP contribution in [0.25, 0.3) is 0 Å². The SMILES string of the molecule is COc1ccc(C(=O)N2C[C@@H]3COC[C@H](C2)N(C)C3=O)c(OC)c1. The average molecular weight is 334 g/mol. The van der Waals surface area contributed by atoms with E-state index in [0.29, 0.717) is 43.4 Å². The second kappa shape index (κ2) is 6.68. The fraction of sp³-hybridized carbons (Fsp3) is 0.529. The summed E-state index contributed by atoms with van der Waals surface area (Å²) < 4.78 is 16.1. The molecule has 2 heterocycles. The zero-order valence-electron chi connectivity index (χ0n) is 14.2. The molecule has 2 fully saturated rings. The number of amides is 2. The van der Waals surface area contributed by atoms with Gasteiger partial charge in [0.1, 0.15) is 11.5 Å². The standard InChI is InChI=1S/C17H22N2O5/c1-18-12-8-19(7-11(16(18)20)9-24-10-12)17(21)14-5-4-13(22-2)6-15(14)23-3/h4-6,11-12H,7-10H2,1-3H3/t11-,12+/m1/s1. The highest BCUT2D eigenvalue weighted by molar-refractivity contribution is 5.97. The minimum Gasteiger partial charge on any atom is -0.497 e. The second-order valence-corrected chi connectivity index (χ2v) is 6.11. The monoisotopic (exact) mass is 334 g/mol. The normalized spacial score (nSPS) is 23.7. The number of benzene rings is 1. The molecule has 2 saturated heterocycles. The van der Waals surface area contributed by atoms with Gasteiger partial charge in [0.15, 0.2) is 0 Å².